The van der Waals surface area contributed by atoms with Crippen LogP contribution in [0, 0.1) is 17.7 Å². The van der Waals surface area contributed by atoms with Crippen molar-refractivity contribution in [3.05, 3.63) is 35.1 Å². The van der Waals surface area contributed by atoms with Crippen LogP contribution in [0.2, 0.25) is 0 Å². The Kier molecular flexibility index (Phi) is 6.19. The first-order valence-electron chi connectivity index (χ1n) is 7.47. The van der Waals surface area contributed by atoms with Crippen LogP contribution in [-0.2, 0) is 6.54 Å². The number of benzene rings is 1. The van der Waals surface area contributed by atoms with E-state index in [1.165, 1.54) is 12.5 Å². The molecule has 21 heavy (non-hydrogen) atoms. The van der Waals surface area contributed by atoms with Gasteiger partial charge in [0.05, 0.1) is 6.61 Å². The lowest BCUT2D eigenvalue weighted by atomic mass is 10.1. The Balaban J connectivity index is 2.10. The van der Waals surface area contributed by atoms with Crippen LogP contribution >= 0.6 is 0 Å². The monoisotopic (exact) mass is 291 g/mol. The van der Waals surface area contributed by atoms with Gasteiger partial charge >= 0.3 is 0 Å². The molecule has 0 radical (unpaired) electrons. The van der Waals surface area contributed by atoms with E-state index < -0.39 is 0 Å². The average Bonchev–Trinajstić information content (AvgIpc) is 2.72. The van der Waals surface area contributed by atoms with Gasteiger partial charge in [0.25, 0.3) is 0 Å². The zero-order valence-corrected chi connectivity index (χ0v) is 12.2. The number of hydrogen-bond acceptors (Lipinski definition) is 3. The number of aliphatic hydroxyl groups is 2. The fourth-order valence-corrected chi connectivity index (χ4v) is 2.77. The summed E-state index contributed by atoms with van der Waals surface area (Å²) in [5, 5.41) is 18.2. The molecule has 1 heterocycles. The fourth-order valence-electron chi connectivity index (χ4n) is 2.77. The van der Waals surface area contributed by atoms with Crippen molar-refractivity contribution in [2.24, 2.45) is 0 Å². The van der Waals surface area contributed by atoms with E-state index in [9.17, 15) is 9.50 Å². The van der Waals surface area contributed by atoms with Crippen LogP contribution in [0.3, 0.4) is 0 Å². The Morgan fingerprint density at radius 3 is 2.81 bits per heavy atom. The molecule has 1 saturated heterocycles. The molecule has 0 spiro atoms. The van der Waals surface area contributed by atoms with Crippen molar-refractivity contribution >= 4 is 0 Å². The van der Waals surface area contributed by atoms with Gasteiger partial charge in [0, 0.05) is 23.7 Å². The van der Waals surface area contributed by atoms with Crippen molar-refractivity contribution in [3.63, 3.8) is 0 Å². The van der Waals surface area contributed by atoms with E-state index in [-0.39, 0.29) is 25.1 Å². The molecule has 2 N–H and O–H groups in total. The van der Waals surface area contributed by atoms with Gasteiger partial charge in [-0.3, -0.25) is 4.90 Å². The van der Waals surface area contributed by atoms with Crippen molar-refractivity contribution in [2.45, 2.75) is 38.3 Å². The van der Waals surface area contributed by atoms with E-state index in [4.69, 9.17) is 5.11 Å². The number of halogens is 1. The second kappa shape index (κ2) is 8.14. The first-order chi connectivity index (χ1) is 10.2. The third-order valence-electron chi connectivity index (χ3n) is 3.95. The molecule has 0 bridgehead atoms. The quantitative estimate of drug-likeness (QED) is 0.836. The average molecular weight is 291 g/mol. The second-order valence-electron chi connectivity index (χ2n) is 5.42. The van der Waals surface area contributed by atoms with E-state index in [0.29, 0.717) is 17.7 Å². The van der Waals surface area contributed by atoms with E-state index in [2.05, 4.69) is 16.7 Å². The van der Waals surface area contributed by atoms with Crippen LogP contribution in [0.4, 0.5) is 4.39 Å². The maximum Gasteiger partial charge on any atom is 0.128 e. The van der Waals surface area contributed by atoms with Gasteiger partial charge in [-0.15, -0.1) is 0 Å². The Morgan fingerprint density at radius 1 is 1.24 bits per heavy atom. The van der Waals surface area contributed by atoms with E-state index in [1.54, 1.807) is 12.1 Å². The third-order valence-corrected chi connectivity index (χ3v) is 3.95. The summed E-state index contributed by atoms with van der Waals surface area (Å²) < 4.78 is 14.1. The molecule has 0 saturated carbocycles. The molecule has 1 aliphatic heterocycles. The zero-order valence-electron chi connectivity index (χ0n) is 12.2. The lowest BCUT2D eigenvalue weighted by molar-refractivity contribution is 0.117. The minimum atomic E-state index is -0.277. The molecule has 0 aliphatic carbocycles. The number of aliphatic hydroxyl groups excluding tert-OH is 2. The van der Waals surface area contributed by atoms with Crippen molar-refractivity contribution < 1.29 is 14.6 Å². The predicted octanol–water partition coefficient (Wildman–Crippen LogP) is 1.91. The van der Waals surface area contributed by atoms with Gasteiger partial charge < -0.3 is 10.2 Å². The van der Waals surface area contributed by atoms with Crippen LogP contribution in [0.5, 0.6) is 0 Å². The van der Waals surface area contributed by atoms with Crippen molar-refractivity contribution in [3.8, 4) is 11.8 Å². The summed E-state index contributed by atoms with van der Waals surface area (Å²) in [6.45, 7) is 1.32. The molecule has 0 aromatic heterocycles. The van der Waals surface area contributed by atoms with Gasteiger partial charge in [0.2, 0.25) is 0 Å². The highest BCUT2D eigenvalue weighted by molar-refractivity contribution is 5.37. The fraction of sp³-hybridized carbons (Fsp3) is 0.529. The first kappa shape index (κ1) is 16.0. The summed E-state index contributed by atoms with van der Waals surface area (Å²) in [5.41, 5.74) is 1.20. The molecule has 3 nitrogen and oxygen atoms in total. The molecule has 1 unspecified atom stereocenters. The van der Waals surface area contributed by atoms with Gasteiger partial charge in [0.15, 0.2) is 0 Å². The normalized spacial score (nSPS) is 19.7. The van der Waals surface area contributed by atoms with Gasteiger partial charge in [-0.1, -0.05) is 30.7 Å². The molecule has 4 heteroatoms. The highest BCUT2D eigenvalue weighted by Crippen LogP contribution is 2.20. The smallest absolute Gasteiger partial charge is 0.128 e. The summed E-state index contributed by atoms with van der Waals surface area (Å²) >= 11 is 0. The number of likely N-dealkylation sites (tertiary alicyclic amines) is 1. The summed E-state index contributed by atoms with van der Waals surface area (Å²) in [7, 11) is 0. The predicted molar refractivity (Wildman–Crippen MR) is 80.1 cm³/mol. The molecule has 0 amide bonds. The summed E-state index contributed by atoms with van der Waals surface area (Å²) in [6, 6.07) is 5.05. The van der Waals surface area contributed by atoms with Gasteiger partial charge in [0.1, 0.15) is 12.4 Å². The summed E-state index contributed by atoms with van der Waals surface area (Å²) in [5.74, 6) is 4.94. The van der Waals surface area contributed by atoms with E-state index in [0.717, 1.165) is 25.8 Å². The molecule has 1 atom stereocenters. The largest absolute Gasteiger partial charge is 0.395 e. The lowest BCUT2D eigenvalue weighted by Gasteiger charge is -2.28. The first-order valence-corrected chi connectivity index (χ1v) is 7.47. The number of hydrogen-bond donors (Lipinski definition) is 2. The Hall–Kier alpha value is -1.41. The van der Waals surface area contributed by atoms with Crippen molar-refractivity contribution in [1.82, 2.24) is 4.90 Å². The number of rotatable bonds is 3. The molecule has 114 valence electrons. The summed E-state index contributed by atoms with van der Waals surface area (Å²) in [4.78, 5) is 2.17. The molecule has 1 fully saturated rings. The van der Waals surface area contributed by atoms with Crippen LogP contribution < -0.4 is 0 Å². The third kappa shape index (κ3) is 4.53. The standard InChI is InChI=1S/C17H22FNO2/c18-17-11-14(5-4-10-20)7-8-15(17)12-19-9-3-1-2-6-16(19)13-21/h7-8,11,16,20-21H,1-3,6,9-10,12-13H2. The lowest BCUT2D eigenvalue weighted by Crippen LogP contribution is -2.37. The maximum atomic E-state index is 14.1. The Morgan fingerprint density at radius 2 is 2.10 bits per heavy atom. The minimum Gasteiger partial charge on any atom is -0.395 e. The summed E-state index contributed by atoms with van der Waals surface area (Å²) in [6.07, 6.45) is 4.36. The highest BCUT2D eigenvalue weighted by atomic mass is 19.1. The van der Waals surface area contributed by atoms with Crippen LogP contribution in [0.1, 0.15) is 36.8 Å². The zero-order chi connectivity index (χ0) is 15.1. The van der Waals surface area contributed by atoms with Crippen molar-refractivity contribution in [1.29, 1.82) is 0 Å². The van der Waals surface area contributed by atoms with Crippen molar-refractivity contribution in [2.75, 3.05) is 19.8 Å². The molecular formula is C17H22FNO2. The van der Waals surface area contributed by atoms with E-state index >= 15 is 0 Å². The van der Waals surface area contributed by atoms with Gasteiger partial charge in [-0.05, 0) is 31.5 Å². The van der Waals surface area contributed by atoms with Crippen LogP contribution in [0.15, 0.2) is 18.2 Å². The SMILES string of the molecule is OCC#Cc1ccc(CN2CCCCCC2CO)c(F)c1. The Bertz CT molecular complexity index is 521. The van der Waals surface area contributed by atoms with Crippen LogP contribution in [0.25, 0.3) is 0 Å². The molecular weight excluding hydrogens is 269 g/mol. The molecule has 1 aliphatic rings. The van der Waals surface area contributed by atoms with E-state index in [1.807, 2.05) is 0 Å². The topological polar surface area (TPSA) is 43.7 Å². The minimum absolute atomic E-state index is 0.126. The number of nitrogens with zero attached hydrogens (tertiary/aromatic N) is 1. The van der Waals surface area contributed by atoms with Crippen LogP contribution in [-0.4, -0.2) is 40.9 Å². The van der Waals surface area contributed by atoms with Gasteiger partial charge in [-0.2, -0.15) is 0 Å². The van der Waals surface area contributed by atoms with Gasteiger partial charge in [-0.25, -0.2) is 4.39 Å². The second-order valence-corrected chi connectivity index (χ2v) is 5.42. The highest BCUT2D eigenvalue weighted by Gasteiger charge is 2.21. The molecule has 1 aromatic rings. The molecule has 1 aromatic carbocycles. The molecule has 2 rings (SSSR count). The Labute approximate surface area is 125 Å². The maximum absolute atomic E-state index is 14.1.